The van der Waals surface area contributed by atoms with Gasteiger partial charge in [0.25, 0.3) is 5.91 Å². The van der Waals surface area contributed by atoms with E-state index in [-0.39, 0.29) is 11.8 Å². The summed E-state index contributed by atoms with van der Waals surface area (Å²) in [6.07, 6.45) is 3.24. The first-order chi connectivity index (χ1) is 14.1. The van der Waals surface area contributed by atoms with Crippen molar-refractivity contribution in [3.63, 3.8) is 0 Å². The number of amides is 2. The fraction of sp³-hybridized carbons (Fsp3) is 0.278. The highest BCUT2D eigenvalue weighted by molar-refractivity contribution is 7.08. The number of aldehydes is 1. The Morgan fingerprint density at radius 2 is 1.86 bits per heavy atom. The van der Waals surface area contributed by atoms with Crippen LogP contribution in [0.5, 0.6) is 11.5 Å². The first kappa shape index (κ1) is 20.7. The van der Waals surface area contributed by atoms with Crippen LogP contribution in [0.4, 0.5) is 0 Å². The number of piperidine rings is 1. The van der Waals surface area contributed by atoms with Gasteiger partial charge in [-0.2, -0.15) is 0 Å². The van der Waals surface area contributed by atoms with Gasteiger partial charge in [0.05, 0.1) is 31.5 Å². The number of hydrogen-bond acceptors (Lipinski definition) is 9. The number of hydrogen-bond donors (Lipinski definition) is 1. The van der Waals surface area contributed by atoms with Crippen LogP contribution in [0.15, 0.2) is 27.7 Å². The molecule has 1 fully saturated rings. The third-order valence-electron chi connectivity index (χ3n) is 4.16. The second-order valence-corrected chi connectivity index (χ2v) is 7.41. The minimum atomic E-state index is -0.487. The molecule has 152 valence electrons. The van der Waals surface area contributed by atoms with Crippen molar-refractivity contribution in [1.29, 1.82) is 0 Å². The zero-order chi connectivity index (χ0) is 20.8. The molecule has 0 radical (unpaired) electrons. The predicted molar refractivity (Wildman–Crippen MR) is 108 cm³/mol. The van der Waals surface area contributed by atoms with Crippen LogP contribution in [0, 0.1) is 0 Å². The number of ether oxygens (including phenoxy) is 2. The number of carbonyl (C=O) groups is 3. The molecular formula is C18H18N4O5S2. The number of thiophene rings is 2. The Kier molecular flexibility index (Phi) is 6.73. The monoisotopic (exact) mass is 434 g/mol. The molecule has 3 aromatic heterocycles. The Morgan fingerprint density at radius 1 is 1.14 bits per heavy atom. The van der Waals surface area contributed by atoms with Gasteiger partial charge in [-0.15, -0.1) is 27.8 Å². The summed E-state index contributed by atoms with van der Waals surface area (Å²) in [7, 11) is 3.14. The van der Waals surface area contributed by atoms with E-state index in [1.807, 2.05) is 10.8 Å². The van der Waals surface area contributed by atoms with Crippen molar-refractivity contribution >= 4 is 40.8 Å². The fourth-order valence-corrected chi connectivity index (χ4v) is 4.19. The quantitative estimate of drug-likeness (QED) is 0.485. The zero-order valence-corrected chi connectivity index (χ0v) is 17.3. The third kappa shape index (κ3) is 4.69. The summed E-state index contributed by atoms with van der Waals surface area (Å²) in [5, 5.41) is 17.7. The summed E-state index contributed by atoms with van der Waals surface area (Å²) < 4.78 is 11.6. The van der Waals surface area contributed by atoms with E-state index in [0.29, 0.717) is 29.8 Å². The number of aromatic nitrogens is 3. The van der Waals surface area contributed by atoms with Gasteiger partial charge in [-0.3, -0.25) is 19.7 Å². The first-order valence-corrected chi connectivity index (χ1v) is 10.4. The maximum Gasteiger partial charge on any atom is 0.251 e. The number of methoxy groups -OCH3 is 2. The molecule has 4 rings (SSSR count). The molecule has 1 aliphatic heterocycles. The molecule has 0 saturated carbocycles. The van der Waals surface area contributed by atoms with Crippen LogP contribution >= 0.6 is 22.7 Å². The van der Waals surface area contributed by atoms with Gasteiger partial charge in [0.1, 0.15) is 23.2 Å². The average Bonchev–Trinajstić information content (AvgIpc) is 3.47. The number of imide groups is 1. The molecule has 1 atom stereocenters. The van der Waals surface area contributed by atoms with Crippen molar-refractivity contribution in [2.75, 3.05) is 14.2 Å². The average molecular weight is 434 g/mol. The van der Waals surface area contributed by atoms with Crippen molar-refractivity contribution in [2.45, 2.75) is 18.9 Å². The number of nitrogens with one attached hydrogen (secondary N) is 1. The maximum absolute atomic E-state index is 11.8. The van der Waals surface area contributed by atoms with Crippen molar-refractivity contribution in [3.05, 3.63) is 33.3 Å². The van der Waals surface area contributed by atoms with E-state index in [0.717, 1.165) is 17.6 Å². The summed E-state index contributed by atoms with van der Waals surface area (Å²) in [5.74, 6) is 0.807. The summed E-state index contributed by atoms with van der Waals surface area (Å²) in [4.78, 5) is 33.1. The van der Waals surface area contributed by atoms with E-state index in [4.69, 9.17) is 9.47 Å². The van der Waals surface area contributed by atoms with E-state index in [2.05, 4.69) is 15.6 Å². The molecular weight excluding hydrogens is 416 g/mol. The highest BCUT2D eigenvalue weighted by Gasteiger charge is 2.29. The standard InChI is InChI=1S/C12H12N4O3S.C6H6O2S/c1-19-10-6-20-5-7(10)8-4-16(15-14-8)9-2-3-11(17)13-12(9)18;1-8-6-4-9-3-5(6)2-7/h4-6,9H,2-3H2,1H3,(H,13,17,18);2-4H,1H3. The topological polar surface area (TPSA) is 112 Å². The van der Waals surface area contributed by atoms with E-state index in [9.17, 15) is 14.4 Å². The Bertz CT molecular complexity index is 1010. The van der Waals surface area contributed by atoms with Gasteiger partial charge >= 0.3 is 0 Å². The molecule has 1 unspecified atom stereocenters. The second kappa shape index (κ2) is 9.43. The minimum absolute atomic E-state index is 0.244. The van der Waals surface area contributed by atoms with E-state index in [1.165, 1.54) is 27.4 Å². The van der Waals surface area contributed by atoms with Crippen LogP contribution in [0.2, 0.25) is 0 Å². The van der Waals surface area contributed by atoms with E-state index >= 15 is 0 Å². The molecule has 9 nitrogen and oxygen atoms in total. The lowest BCUT2D eigenvalue weighted by Gasteiger charge is -2.20. The van der Waals surface area contributed by atoms with E-state index < -0.39 is 6.04 Å². The Balaban J connectivity index is 0.000000224. The number of rotatable bonds is 5. The van der Waals surface area contributed by atoms with Crippen LogP contribution in [0.1, 0.15) is 29.2 Å². The lowest BCUT2D eigenvalue weighted by molar-refractivity contribution is -0.136. The van der Waals surface area contributed by atoms with E-state index in [1.54, 1.807) is 31.2 Å². The van der Waals surface area contributed by atoms with Crippen LogP contribution < -0.4 is 14.8 Å². The number of nitrogens with zero attached hydrogens (tertiary/aromatic N) is 3. The van der Waals surface area contributed by atoms with Gasteiger partial charge in [0.2, 0.25) is 5.91 Å². The molecule has 4 heterocycles. The van der Waals surface area contributed by atoms with Gasteiger partial charge in [-0.05, 0) is 6.42 Å². The summed E-state index contributed by atoms with van der Waals surface area (Å²) >= 11 is 2.96. The highest BCUT2D eigenvalue weighted by Crippen LogP contribution is 2.32. The molecule has 0 aliphatic carbocycles. The molecule has 1 saturated heterocycles. The van der Waals surface area contributed by atoms with Crippen molar-refractivity contribution in [2.24, 2.45) is 0 Å². The zero-order valence-electron chi connectivity index (χ0n) is 15.7. The molecule has 1 aliphatic rings. The van der Waals surface area contributed by atoms with Gasteiger partial charge in [0.15, 0.2) is 6.29 Å². The molecule has 3 aromatic rings. The predicted octanol–water partition coefficient (Wildman–Crippen LogP) is 2.56. The molecule has 1 N–H and O–H groups in total. The largest absolute Gasteiger partial charge is 0.495 e. The first-order valence-electron chi connectivity index (χ1n) is 8.48. The molecule has 0 aromatic carbocycles. The Labute approximate surface area is 174 Å². The normalized spacial score (nSPS) is 15.9. The van der Waals surface area contributed by atoms with Gasteiger partial charge in [-0.1, -0.05) is 5.21 Å². The van der Waals surface area contributed by atoms with Gasteiger partial charge < -0.3 is 9.47 Å². The van der Waals surface area contributed by atoms with Gasteiger partial charge in [0, 0.05) is 27.9 Å². The maximum atomic E-state index is 11.8. The molecule has 0 spiro atoms. The second-order valence-electron chi connectivity index (χ2n) is 5.92. The lowest BCUT2D eigenvalue weighted by Crippen LogP contribution is -2.41. The Hall–Kier alpha value is -3.05. The van der Waals surface area contributed by atoms with Crippen LogP contribution in [0.25, 0.3) is 11.3 Å². The Morgan fingerprint density at radius 3 is 2.52 bits per heavy atom. The summed E-state index contributed by atoms with van der Waals surface area (Å²) in [6.45, 7) is 0. The molecule has 0 bridgehead atoms. The smallest absolute Gasteiger partial charge is 0.251 e. The van der Waals surface area contributed by atoms with Crippen molar-refractivity contribution in [3.8, 4) is 22.8 Å². The highest BCUT2D eigenvalue weighted by atomic mass is 32.1. The summed E-state index contributed by atoms with van der Waals surface area (Å²) in [6, 6.07) is -0.487. The van der Waals surface area contributed by atoms with Crippen LogP contribution in [-0.2, 0) is 9.59 Å². The van der Waals surface area contributed by atoms with Crippen molar-refractivity contribution in [1.82, 2.24) is 20.3 Å². The van der Waals surface area contributed by atoms with Crippen molar-refractivity contribution < 1.29 is 23.9 Å². The minimum Gasteiger partial charge on any atom is -0.495 e. The fourth-order valence-electron chi connectivity index (χ4n) is 2.66. The molecule has 2 amide bonds. The molecule has 11 heteroatoms. The number of carbonyl (C=O) groups excluding carboxylic acids is 3. The summed E-state index contributed by atoms with van der Waals surface area (Å²) in [5.41, 5.74) is 2.12. The third-order valence-corrected chi connectivity index (χ3v) is 5.63. The van der Waals surface area contributed by atoms with Crippen LogP contribution in [0.3, 0.4) is 0 Å². The lowest BCUT2D eigenvalue weighted by atomic mass is 10.1. The van der Waals surface area contributed by atoms with Crippen LogP contribution in [-0.4, -0.2) is 47.3 Å². The molecule has 29 heavy (non-hydrogen) atoms. The SMILES string of the molecule is COc1cscc1-c1cn(C2CCC(=O)NC2=O)nn1.COc1cscc1C=O. The van der Waals surface area contributed by atoms with Gasteiger partial charge in [-0.25, -0.2) is 4.68 Å².